The van der Waals surface area contributed by atoms with Crippen molar-refractivity contribution < 1.29 is 23.8 Å². The minimum Gasteiger partial charge on any atom is -0.455 e. The molecule has 3 aliphatic heterocycles. The highest BCUT2D eigenvalue weighted by Gasteiger charge is 2.64. The van der Waals surface area contributed by atoms with Gasteiger partial charge < -0.3 is 14.2 Å². The van der Waals surface area contributed by atoms with E-state index in [1.165, 1.54) is 0 Å². The van der Waals surface area contributed by atoms with Crippen molar-refractivity contribution in [2.24, 2.45) is 5.92 Å². The van der Waals surface area contributed by atoms with Gasteiger partial charge >= 0.3 is 11.9 Å². The summed E-state index contributed by atoms with van der Waals surface area (Å²) in [6, 6.07) is 0. The van der Waals surface area contributed by atoms with E-state index in [0.29, 0.717) is 12.8 Å². The molecule has 0 spiro atoms. The molecule has 0 N–H and O–H groups in total. The van der Waals surface area contributed by atoms with E-state index in [0.717, 1.165) is 6.42 Å². The summed E-state index contributed by atoms with van der Waals surface area (Å²) in [5.41, 5.74) is 0. The molecule has 3 fully saturated rings. The highest BCUT2D eigenvalue weighted by atomic mass is 16.7. The lowest BCUT2D eigenvalue weighted by Crippen LogP contribution is -2.40. The largest absolute Gasteiger partial charge is 0.455 e. The van der Waals surface area contributed by atoms with Gasteiger partial charge in [0.25, 0.3) is 0 Å². The van der Waals surface area contributed by atoms with Crippen molar-refractivity contribution in [1.29, 1.82) is 0 Å². The molecule has 0 amide bonds. The van der Waals surface area contributed by atoms with E-state index < -0.39 is 0 Å². The maximum Gasteiger partial charge on any atom is 0.312 e. The number of hydrogen-bond acceptors (Lipinski definition) is 5. The van der Waals surface area contributed by atoms with Crippen molar-refractivity contribution in [3.05, 3.63) is 0 Å². The molecule has 3 aliphatic rings. The standard InChI is InChI=1S/C11H14O5/c1-2-3-7(12)15-9-6-4-5-8(14-6)10(9)16-11(5)13/h5-6,8-10H,2-4H2,1H3. The Morgan fingerprint density at radius 1 is 1.50 bits per heavy atom. The normalized spacial score (nSPS) is 43.6. The molecule has 5 heteroatoms. The predicted octanol–water partition coefficient (Wildman–Crippen LogP) is 0.411. The summed E-state index contributed by atoms with van der Waals surface area (Å²) < 4.78 is 16.1. The molecule has 0 saturated carbocycles. The third kappa shape index (κ3) is 1.27. The van der Waals surface area contributed by atoms with Gasteiger partial charge in [-0.05, 0) is 12.8 Å². The monoisotopic (exact) mass is 226 g/mol. The topological polar surface area (TPSA) is 61.8 Å². The van der Waals surface area contributed by atoms with E-state index >= 15 is 0 Å². The second-order valence-electron chi connectivity index (χ2n) is 4.59. The Labute approximate surface area is 93.0 Å². The maximum absolute atomic E-state index is 11.4. The molecule has 0 radical (unpaired) electrons. The fourth-order valence-electron chi connectivity index (χ4n) is 2.80. The Balaban J connectivity index is 1.70. The molecule has 5 nitrogen and oxygen atoms in total. The molecular formula is C11H14O5. The summed E-state index contributed by atoms with van der Waals surface area (Å²) in [6.45, 7) is 1.92. The number of carbonyl (C=O) groups is 2. The van der Waals surface area contributed by atoms with E-state index in [-0.39, 0.29) is 42.3 Å². The van der Waals surface area contributed by atoms with Crippen molar-refractivity contribution in [1.82, 2.24) is 0 Å². The molecule has 88 valence electrons. The number of fused-ring (bicyclic) bond motifs is 1. The summed E-state index contributed by atoms with van der Waals surface area (Å²) >= 11 is 0. The minimum absolute atomic E-state index is 0.129. The molecule has 2 bridgehead atoms. The average Bonchev–Trinajstić information content (AvgIpc) is 2.82. The second-order valence-corrected chi connectivity index (χ2v) is 4.59. The van der Waals surface area contributed by atoms with Crippen LogP contribution in [-0.4, -0.2) is 36.4 Å². The van der Waals surface area contributed by atoms with Crippen LogP contribution in [0.4, 0.5) is 0 Å². The van der Waals surface area contributed by atoms with Crippen LogP contribution in [0.5, 0.6) is 0 Å². The molecule has 3 heterocycles. The smallest absolute Gasteiger partial charge is 0.312 e. The van der Waals surface area contributed by atoms with Crippen molar-refractivity contribution in [2.75, 3.05) is 0 Å². The van der Waals surface area contributed by atoms with Crippen LogP contribution in [0.2, 0.25) is 0 Å². The molecule has 5 atom stereocenters. The van der Waals surface area contributed by atoms with Crippen molar-refractivity contribution >= 4 is 11.9 Å². The second kappa shape index (κ2) is 3.45. The van der Waals surface area contributed by atoms with Crippen LogP contribution in [0.15, 0.2) is 0 Å². The predicted molar refractivity (Wildman–Crippen MR) is 51.4 cm³/mol. The maximum atomic E-state index is 11.4. The Morgan fingerprint density at radius 3 is 3.06 bits per heavy atom. The van der Waals surface area contributed by atoms with Gasteiger partial charge in [0, 0.05) is 6.42 Å². The zero-order chi connectivity index (χ0) is 11.3. The van der Waals surface area contributed by atoms with Gasteiger partial charge in [-0.15, -0.1) is 0 Å². The first-order chi connectivity index (χ1) is 7.70. The Kier molecular flexibility index (Phi) is 2.17. The molecule has 0 aromatic heterocycles. The fraction of sp³-hybridized carbons (Fsp3) is 0.818. The first-order valence-corrected chi connectivity index (χ1v) is 5.76. The van der Waals surface area contributed by atoms with Gasteiger partial charge in [0.05, 0.1) is 12.0 Å². The Hall–Kier alpha value is -1.10. The Bertz CT molecular complexity index is 339. The van der Waals surface area contributed by atoms with E-state index in [4.69, 9.17) is 14.2 Å². The van der Waals surface area contributed by atoms with E-state index in [2.05, 4.69) is 0 Å². The van der Waals surface area contributed by atoms with Crippen LogP contribution in [0.3, 0.4) is 0 Å². The van der Waals surface area contributed by atoms with E-state index in [9.17, 15) is 9.59 Å². The van der Waals surface area contributed by atoms with Crippen molar-refractivity contribution in [3.8, 4) is 0 Å². The molecular weight excluding hydrogens is 212 g/mol. The molecule has 16 heavy (non-hydrogen) atoms. The molecule has 3 saturated heterocycles. The first kappa shape index (κ1) is 10.1. The number of hydrogen-bond donors (Lipinski definition) is 0. The SMILES string of the molecule is CCCC(=O)OC1C2CC3C(=O)OC1C3O2. The first-order valence-electron chi connectivity index (χ1n) is 5.76. The van der Waals surface area contributed by atoms with Crippen molar-refractivity contribution in [2.45, 2.75) is 50.6 Å². The highest BCUT2D eigenvalue weighted by Crippen LogP contribution is 2.47. The third-order valence-electron chi connectivity index (χ3n) is 3.51. The molecule has 3 rings (SSSR count). The number of esters is 2. The average molecular weight is 226 g/mol. The number of carbonyl (C=O) groups excluding carboxylic acids is 2. The van der Waals surface area contributed by atoms with Gasteiger partial charge in [-0.25, -0.2) is 0 Å². The third-order valence-corrected chi connectivity index (χ3v) is 3.51. The lowest BCUT2D eigenvalue weighted by Gasteiger charge is -2.22. The van der Waals surface area contributed by atoms with Crippen LogP contribution >= 0.6 is 0 Å². The summed E-state index contributed by atoms with van der Waals surface area (Å²) in [6.07, 6.45) is 0.711. The summed E-state index contributed by atoms with van der Waals surface area (Å²) in [5, 5.41) is 0. The molecule has 5 unspecified atom stereocenters. The van der Waals surface area contributed by atoms with Gasteiger partial charge in [0.1, 0.15) is 6.10 Å². The lowest BCUT2D eigenvalue weighted by atomic mass is 9.88. The summed E-state index contributed by atoms with van der Waals surface area (Å²) in [4.78, 5) is 22.8. The minimum atomic E-state index is -0.383. The van der Waals surface area contributed by atoms with Crippen LogP contribution in [0, 0.1) is 5.92 Å². The lowest BCUT2D eigenvalue weighted by molar-refractivity contribution is -0.160. The van der Waals surface area contributed by atoms with Crippen molar-refractivity contribution in [3.63, 3.8) is 0 Å². The summed E-state index contributed by atoms with van der Waals surface area (Å²) in [7, 11) is 0. The zero-order valence-corrected chi connectivity index (χ0v) is 9.05. The molecule has 0 aromatic rings. The quantitative estimate of drug-likeness (QED) is 0.652. The summed E-state index contributed by atoms with van der Waals surface area (Å²) in [5.74, 6) is -0.564. The van der Waals surface area contributed by atoms with Gasteiger partial charge in [0.2, 0.25) is 0 Å². The van der Waals surface area contributed by atoms with Gasteiger partial charge in [-0.2, -0.15) is 0 Å². The fourth-order valence-corrected chi connectivity index (χ4v) is 2.80. The van der Waals surface area contributed by atoms with E-state index in [1.54, 1.807) is 0 Å². The number of ether oxygens (including phenoxy) is 3. The highest BCUT2D eigenvalue weighted by molar-refractivity contribution is 5.77. The van der Waals surface area contributed by atoms with E-state index in [1.807, 2.05) is 6.92 Å². The van der Waals surface area contributed by atoms with Crippen LogP contribution < -0.4 is 0 Å². The van der Waals surface area contributed by atoms with Crippen LogP contribution in [0.1, 0.15) is 26.2 Å². The molecule has 0 aliphatic carbocycles. The molecule has 0 aromatic carbocycles. The van der Waals surface area contributed by atoms with Gasteiger partial charge in [0.15, 0.2) is 12.2 Å². The van der Waals surface area contributed by atoms with Gasteiger partial charge in [-0.3, -0.25) is 9.59 Å². The Morgan fingerprint density at radius 2 is 2.31 bits per heavy atom. The number of rotatable bonds is 3. The van der Waals surface area contributed by atoms with Crippen LogP contribution in [-0.2, 0) is 23.8 Å². The van der Waals surface area contributed by atoms with Crippen LogP contribution in [0.25, 0.3) is 0 Å². The zero-order valence-electron chi connectivity index (χ0n) is 9.05. The van der Waals surface area contributed by atoms with Gasteiger partial charge in [-0.1, -0.05) is 6.92 Å².